The number of benzene rings is 1. The van der Waals surface area contributed by atoms with Crippen molar-refractivity contribution in [3.8, 4) is 0 Å². The highest BCUT2D eigenvalue weighted by Crippen LogP contribution is 2.14. The van der Waals surface area contributed by atoms with E-state index in [1.54, 1.807) is 14.2 Å². The Balaban J connectivity index is 2.89. The lowest BCUT2D eigenvalue weighted by molar-refractivity contribution is 0.256. The Bertz CT molecular complexity index is 275. The Morgan fingerprint density at radius 2 is 1.73 bits per heavy atom. The fourth-order valence-electron chi connectivity index (χ4n) is 1.69. The molecule has 1 aromatic rings. The number of hydrogen-bond acceptors (Lipinski definition) is 3. The Hall–Kier alpha value is -0.683. The van der Waals surface area contributed by atoms with Crippen molar-refractivity contribution in [2.45, 2.75) is 12.5 Å². The highest BCUT2D eigenvalue weighted by Gasteiger charge is 2.36. The Morgan fingerprint density at radius 3 is 2.20 bits per heavy atom. The minimum atomic E-state index is -2.22. The third kappa shape index (κ3) is 2.88. The maximum atomic E-state index is 5.64. The van der Waals surface area contributed by atoms with Gasteiger partial charge < -0.3 is 14.6 Å². The zero-order chi connectivity index (χ0) is 11.1. The van der Waals surface area contributed by atoms with Gasteiger partial charge >= 0.3 is 8.56 Å². The van der Waals surface area contributed by atoms with E-state index in [0.29, 0.717) is 6.54 Å². The van der Waals surface area contributed by atoms with Gasteiger partial charge in [-0.15, -0.1) is 0 Å². The first-order valence-corrected chi connectivity index (χ1v) is 7.17. The lowest BCUT2D eigenvalue weighted by atomic mass is 10.4. The molecule has 0 saturated heterocycles. The van der Waals surface area contributed by atoms with Crippen LogP contribution in [0, 0.1) is 0 Å². The van der Waals surface area contributed by atoms with Crippen molar-refractivity contribution < 1.29 is 8.85 Å². The molecular formula is C11H19NO2Si. The predicted octanol–water partition coefficient (Wildman–Crippen LogP) is 0.977. The van der Waals surface area contributed by atoms with E-state index in [9.17, 15) is 0 Å². The third-order valence-corrected chi connectivity index (χ3v) is 6.13. The van der Waals surface area contributed by atoms with Crippen molar-refractivity contribution in [3.05, 3.63) is 30.3 Å². The Morgan fingerprint density at radius 1 is 1.13 bits per heavy atom. The van der Waals surface area contributed by atoms with Crippen molar-refractivity contribution in [2.75, 3.05) is 20.8 Å². The Labute approximate surface area is 92.5 Å². The number of rotatable bonds is 6. The topological polar surface area (TPSA) is 44.5 Å². The van der Waals surface area contributed by atoms with E-state index in [-0.39, 0.29) is 0 Å². The summed E-state index contributed by atoms with van der Waals surface area (Å²) in [7, 11) is 1.22. The molecule has 4 heteroatoms. The molecule has 0 aliphatic rings. The Kier molecular flexibility index (Phi) is 4.97. The molecule has 0 amide bonds. The average Bonchev–Trinajstić information content (AvgIpc) is 2.33. The molecule has 0 aromatic heterocycles. The van der Waals surface area contributed by atoms with Crippen molar-refractivity contribution in [3.63, 3.8) is 0 Å². The SMILES string of the molecule is CO[Si](CCCN)(OC)c1ccccc1. The van der Waals surface area contributed by atoms with E-state index < -0.39 is 8.56 Å². The maximum absolute atomic E-state index is 5.64. The molecule has 0 heterocycles. The molecule has 3 nitrogen and oxygen atoms in total. The molecule has 0 fully saturated rings. The summed E-state index contributed by atoms with van der Waals surface area (Å²) in [4.78, 5) is 0. The standard InChI is InChI=1S/C11H19NO2Si/c1-13-15(14-2,10-6-9-12)11-7-4-3-5-8-11/h3-5,7-8H,6,9-10,12H2,1-2H3. The summed E-state index contributed by atoms with van der Waals surface area (Å²) in [5, 5.41) is 1.17. The molecule has 0 spiro atoms. The van der Waals surface area contributed by atoms with Gasteiger partial charge in [0.05, 0.1) is 0 Å². The molecule has 0 aliphatic carbocycles. The van der Waals surface area contributed by atoms with Crippen molar-refractivity contribution in [2.24, 2.45) is 5.73 Å². The van der Waals surface area contributed by atoms with Crippen molar-refractivity contribution in [1.82, 2.24) is 0 Å². The van der Waals surface area contributed by atoms with E-state index in [2.05, 4.69) is 12.1 Å². The fraction of sp³-hybridized carbons (Fsp3) is 0.455. The minimum absolute atomic E-state index is 0.675. The molecule has 0 aliphatic heterocycles. The van der Waals surface area contributed by atoms with Crippen LogP contribution in [-0.4, -0.2) is 29.3 Å². The largest absolute Gasteiger partial charge is 0.394 e. The monoisotopic (exact) mass is 225 g/mol. The van der Waals surface area contributed by atoms with Crippen LogP contribution in [0.1, 0.15) is 6.42 Å². The smallest absolute Gasteiger partial charge is 0.372 e. The molecule has 0 bridgehead atoms. The summed E-state index contributed by atoms with van der Waals surface area (Å²) < 4.78 is 11.3. The zero-order valence-electron chi connectivity index (χ0n) is 9.40. The highest BCUT2D eigenvalue weighted by molar-refractivity contribution is 6.81. The van der Waals surface area contributed by atoms with Gasteiger partial charge in [0.15, 0.2) is 0 Å². The van der Waals surface area contributed by atoms with Gasteiger partial charge in [-0.2, -0.15) is 0 Å². The molecule has 0 atom stereocenters. The summed E-state index contributed by atoms with van der Waals surface area (Å²) in [5.74, 6) is 0. The molecule has 0 radical (unpaired) electrons. The van der Waals surface area contributed by atoms with Gasteiger partial charge in [-0.05, 0) is 24.2 Å². The van der Waals surface area contributed by atoms with Gasteiger partial charge in [0.1, 0.15) is 0 Å². The molecule has 0 saturated carbocycles. The van der Waals surface area contributed by atoms with Gasteiger partial charge in [-0.3, -0.25) is 0 Å². The summed E-state index contributed by atoms with van der Waals surface area (Å²) >= 11 is 0. The van der Waals surface area contributed by atoms with Crippen LogP contribution in [0.25, 0.3) is 0 Å². The van der Waals surface area contributed by atoms with Crippen LogP contribution < -0.4 is 10.9 Å². The first kappa shape index (κ1) is 12.4. The highest BCUT2D eigenvalue weighted by atomic mass is 28.4. The second-order valence-corrected chi connectivity index (χ2v) is 6.82. The van der Waals surface area contributed by atoms with Crippen LogP contribution in [0.4, 0.5) is 0 Å². The van der Waals surface area contributed by atoms with E-state index in [1.165, 1.54) is 5.19 Å². The summed E-state index contributed by atoms with van der Waals surface area (Å²) in [6.07, 6.45) is 0.933. The molecule has 15 heavy (non-hydrogen) atoms. The van der Waals surface area contributed by atoms with Crippen LogP contribution in [0.2, 0.25) is 6.04 Å². The average molecular weight is 225 g/mol. The predicted molar refractivity (Wildman–Crippen MR) is 64.3 cm³/mol. The minimum Gasteiger partial charge on any atom is -0.394 e. The van der Waals surface area contributed by atoms with Gasteiger partial charge in [0.2, 0.25) is 0 Å². The maximum Gasteiger partial charge on any atom is 0.372 e. The normalized spacial score (nSPS) is 11.7. The van der Waals surface area contributed by atoms with Crippen LogP contribution in [0.3, 0.4) is 0 Å². The third-order valence-electron chi connectivity index (χ3n) is 2.58. The lowest BCUT2D eigenvalue weighted by Crippen LogP contribution is -2.52. The van der Waals surface area contributed by atoms with E-state index in [0.717, 1.165) is 12.5 Å². The second-order valence-electron chi connectivity index (χ2n) is 3.42. The zero-order valence-corrected chi connectivity index (χ0v) is 10.4. The van der Waals surface area contributed by atoms with Crippen LogP contribution in [0.5, 0.6) is 0 Å². The van der Waals surface area contributed by atoms with Gasteiger partial charge in [0.25, 0.3) is 0 Å². The number of nitrogens with two attached hydrogens (primary N) is 1. The van der Waals surface area contributed by atoms with Crippen molar-refractivity contribution >= 4 is 13.7 Å². The molecule has 84 valence electrons. The molecular weight excluding hydrogens is 206 g/mol. The van der Waals surface area contributed by atoms with Gasteiger partial charge in [-0.1, -0.05) is 30.3 Å². The summed E-state index contributed by atoms with van der Waals surface area (Å²) in [6.45, 7) is 0.675. The molecule has 1 rings (SSSR count). The summed E-state index contributed by atoms with van der Waals surface area (Å²) in [5.41, 5.74) is 5.53. The first-order chi connectivity index (χ1) is 7.29. The van der Waals surface area contributed by atoms with Crippen molar-refractivity contribution in [1.29, 1.82) is 0 Å². The quantitative estimate of drug-likeness (QED) is 0.734. The van der Waals surface area contributed by atoms with Crippen LogP contribution >= 0.6 is 0 Å². The van der Waals surface area contributed by atoms with E-state index in [4.69, 9.17) is 14.6 Å². The fourth-order valence-corrected chi connectivity index (χ4v) is 4.40. The summed E-state index contributed by atoms with van der Waals surface area (Å²) in [6, 6.07) is 11.1. The van der Waals surface area contributed by atoms with E-state index >= 15 is 0 Å². The second kappa shape index (κ2) is 6.02. The van der Waals surface area contributed by atoms with Crippen LogP contribution in [0.15, 0.2) is 30.3 Å². The molecule has 0 unspecified atom stereocenters. The first-order valence-electron chi connectivity index (χ1n) is 5.15. The van der Waals surface area contributed by atoms with Crippen LogP contribution in [-0.2, 0) is 8.85 Å². The van der Waals surface area contributed by atoms with Gasteiger partial charge in [-0.25, -0.2) is 0 Å². The number of hydrogen-bond donors (Lipinski definition) is 1. The molecule has 1 aromatic carbocycles. The lowest BCUT2D eigenvalue weighted by Gasteiger charge is -2.27. The van der Waals surface area contributed by atoms with E-state index in [1.807, 2.05) is 18.2 Å². The molecule has 2 N–H and O–H groups in total. The van der Waals surface area contributed by atoms with Gasteiger partial charge in [0, 0.05) is 14.2 Å².